The number of aromatic nitrogens is 1. The maximum absolute atomic E-state index is 12.5. The number of nitriles is 1. The number of aryl methyl sites for hydroxylation is 1. The van der Waals surface area contributed by atoms with Crippen LogP contribution in [0.4, 0.5) is 17.1 Å². The van der Waals surface area contributed by atoms with E-state index in [1.807, 2.05) is 89.2 Å². The molecule has 0 saturated carbocycles. The second-order valence-electron chi connectivity index (χ2n) is 10.2. The molecule has 7 heteroatoms. The molecule has 4 aromatic rings. The number of amides is 1. The first kappa shape index (κ1) is 25.5. The van der Waals surface area contributed by atoms with Crippen molar-refractivity contribution in [1.82, 2.24) is 10.3 Å². The van der Waals surface area contributed by atoms with E-state index in [1.165, 1.54) is 0 Å². The van der Waals surface area contributed by atoms with E-state index in [2.05, 4.69) is 21.7 Å². The van der Waals surface area contributed by atoms with Crippen molar-refractivity contribution in [1.29, 1.82) is 5.26 Å². The lowest BCUT2D eigenvalue weighted by molar-refractivity contribution is 0.0919. The number of anilines is 3. The van der Waals surface area contributed by atoms with Crippen LogP contribution in [0.3, 0.4) is 0 Å². The number of rotatable bonds is 6. The Bertz CT molecular complexity index is 1510. The van der Waals surface area contributed by atoms with Gasteiger partial charge in [0.2, 0.25) is 0 Å². The zero-order valence-corrected chi connectivity index (χ0v) is 22.0. The van der Waals surface area contributed by atoms with Crippen molar-refractivity contribution in [2.45, 2.75) is 33.2 Å². The topological polar surface area (TPSA) is 90.3 Å². The Morgan fingerprint density at radius 2 is 1.84 bits per heavy atom. The van der Waals surface area contributed by atoms with Crippen LogP contribution in [-0.2, 0) is 0 Å². The minimum atomic E-state index is -0.326. The van der Waals surface area contributed by atoms with Crippen molar-refractivity contribution >= 4 is 33.9 Å². The molecule has 1 aromatic heterocycles. The van der Waals surface area contributed by atoms with Crippen molar-refractivity contribution in [2.24, 2.45) is 0 Å². The summed E-state index contributed by atoms with van der Waals surface area (Å²) in [5.74, 6) is 1.10. The zero-order chi connectivity index (χ0) is 26.7. The van der Waals surface area contributed by atoms with E-state index in [9.17, 15) is 10.1 Å². The van der Waals surface area contributed by atoms with Crippen LogP contribution >= 0.6 is 0 Å². The van der Waals surface area contributed by atoms with E-state index in [1.54, 1.807) is 24.4 Å². The molecular formula is C30H31N5O2. The summed E-state index contributed by atoms with van der Waals surface area (Å²) in [6, 6.07) is 21.1. The van der Waals surface area contributed by atoms with Crippen molar-refractivity contribution in [3.63, 3.8) is 0 Å². The van der Waals surface area contributed by atoms with E-state index in [0.29, 0.717) is 28.3 Å². The van der Waals surface area contributed by atoms with Crippen LogP contribution in [0.5, 0.6) is 11.5 Å². The van der Waals surface area contributed by atoms with Crippen LogP contribution in [0.1, 0.15) is 42.3 Å². The predicted octanol–water partition coefficient (Wildman–Crippen LogP) is 6.55. The van der Waals surface area contributed by atoms with E-state index in [-0.39, 0.29) is 11.4 Å². The van der Waals surface area contributed by atoms with Gasteiger partial charge in [0.1, 0.15) is 17.6 Å². The van der Waals surface area contributed by atoms with Gasteiger partial charge in [-0.1, -0.05) is 6.07 Å². The first-order valence-corrected chi connectivity index (χ1v) is 12.0. The van der Waals surface area contributed by atoms with Crippen molar-refractivity contribution in [2.75, 3.05) is 24.3 Å². The van der Waals surface area contributed by atoms with Gasteiger partial charge in [-0.3, -0.25) is 9.78 Å². The molecule has 1 heterocycles. The van der Waals surface area contributed by atoms with Gasteiger partial charge in [-0.15, -0.1) is 0 Å². The standard InChI is InChI=1S/C30H31N5O2/c1-19-14-22(33-28-21(17-31)18-32-26-12-11-23(35(5)6)16-25(26)28)10-13-27(19)37-24-9-7-8-20(15-24)29(36)34-30(2,3)4/h7-16,18H,1-6H3,(H,32,33)(H,34,36). The second-order valence-corrected chi connectivity index (χ2v) is 10.2. The van der Waals surface area contributed by atoms with E-state index in [0.717, 1.165) is 27.8 Å². The van der Waals surface area contributed by atoms with Crippen LogP contribution in [-0.4, -0.2) is 30.5 Å². The molecule has 188 valence electrons. The summed E-state index contributed by atoms with van der Waals surface area (Å²) in [4.78, 5) is 19.0. The minimum absolute atomic E-state index is 0.149. The number of fused-ring (bicyclic) bond motifs is 1. The van der Waals surface area contributed by atoms with Crippen LogP contribution in [0.15, 0.2) is 66.9 Å². The van der Waals surface area contributed by atoms with Crippen LogP contribution < -0.4 is 20.3 Å². The van der Waals surface area contributed by atoms with Crippen LogP contribution in [0, 0.1) is 18.3 Å². The average Bonchev–Trinajstić information content (AvgIpc) is 2.84. The summed E-state index contributed by atoms with van der Waals surface area (Å²) in [5.41, 5.74) is 4.93. The highest BCUT2D eigenvalue weighted by Crippen LogP contribution is 2.34. The molecule has 0 unspecified atom stereocenters. The molecule has 0 aliphatic rings. The van der Waals surface area contributed by atoms with Gasteiger partial charge < -0.3 is 20.3 Å². The van der Waals surface area contributed by atoms with Crippen molar-refractivity contribution < 1.29 is 9.53 Å². The Balaban J connectivity index is 1.60. The Labute approximate surface area is 217 Å². The third-order valence-electron chi connectivity index (χ3n) is 5.75. The van der Waals surface area contributed by atoms with E-state index in [4.69, 9.17) is 4.74 Å². The minimum Gasteiger partial charge on any atom is -0.457 e. The van der Waals surface area contributed by atoms with Gasteiger partial charge >= 0.3 is 0 Å². The number of nitrogens with zero attached hydrogens (tertiary/aromatic N) is 3. The Kier molecular flexibility index (Phi) is 7.03. The van der Waals surface area contributed by atoms with Gasteiger partial charge in [0, 0.05) is 48.2 Å². The number of nitrogens with one attached hydrogen (secondary N) is 2. The van der Waals surface area contributed by atoms with Gasteiger partial charge in [0.15, 0.2) is 0 Å². The molecule has 2 N–H and O–H groups in total. The molecule has 0 aliphatic heterocycles. The zero-order valence-electron chi connectivity index (χ0n) is 22.0. The fraction of sp³-hybridized carbons (Fsp3) is 0.233. The predicted molar refractivity (Wildman–Crippen MR) is 149 cm³/mol. The Morgan fingerprint density at radius 1 is 1.05 bits per heavy atom. The fourth-order valence-corrected chi connectivity index (χ4v) is 3.90. The third-order valence-corrected chi connectivity index (χ3v) is 5.75. The monoisotopic (exact) mass is 493 g/mol. The van der Waals surface area contributed by atoms with Gasteiger partial charge in [-0.2, -0.15) is 5.26 Å². The number of carbonyl (C=O) groups is 1. The molecule has 0 fully saturated rings. The molecule has 37 heavy (non-hydrogen) atoms. The summed E-state index contributed by atoms with van der Waals surface area (Å²) in [5, 5.41) is 17.0. The molecule has 0 spiro atoms. The van der Waals surface area contributed by atoms with Crippen molar-refractivity contribution in [3.05, 3.63) is 83.6 Å². The molecule has 0 saturated heterocycles. The molecule has 0 bridgehead atoms. The summed E-state index contributed by atoms with van der Waals surface area (Å²) in [7, 11) is 3.95. The van der Waals surface area contributed by atoms with Crippen LogP contribution in [0.2, 0.25) is 0 Å². The normalized spacial score (nSPS) is 11.1. The molecule has 0 radical (unpaired) electrons. The summed E-state index contributed by atoms with van der Waals surface area (Å²) in [6.45, 7) is 7.79. The number of benzene rings is 3. The Morgan fingerprint density at radius 3 is 2.51 bits per heavy atom. The lowest BCUT2D eigenvalue weighted by Crippen LogP contribution is -2.40. The van der Waals surface area contributed by atoms with Gasteiger partial charge in [-0.05, 0) is 87.9 Å². The first-order valence-electron chi connectivity index (χ1n) is 12.0. The second kappa shape index (κ2) is 10.2. The average molecular weight is 494 g/mol. The highest BCUT2D eigenvalue weighted by molar-refractivity contribution is 5.97. The van der Waals surface area contributed by atoms with Gasteiger partial charge in [0.05, 0.1) is 16.8 Å². The number of carbonyl (C=O) groups excluding carboxylic acids is 1. The molecule has 3 aromatic carbocycles. The van der Waals surface area contributed by atoms with Gasteiger partial charge in [0.25, 0.3) is 5.91 Å². The smallest absolute Gasteiger partial charge is 0.251 e. The van der Waals surface area contributed by atoms with E-state index < -0.39 is 0 Å². The summed E-state index contributed by atoms with van der Waals surface area (Å²) >= 11 is 0. The maximum Gasteiger partial charge on any atom is 0.251 e. The lowest BCUT2D eigenvalue weighted by atomic mass is 10.1. The SMILES string of the molecule is Cc1cc(Nc2c(C#N)cnc3ccc(N(C)C)cc23)ccc1Oc1cccc(C(=O)NC(C)(C)C)c1. The number of hydrogen-bond donors (Lipinski definition) is 2. The molecule has 1 amide bonds. The maximum atomic E-state index is 12.5. The number of hydrogen-bond acceptors (Lipinski definition) is 6. The molecular weight excluding hydrogens is 462 g/mol. The quantitative estimate of drug-likeness (QED) is 0.317. The highest BCUT2D eigenvalue weighted by atomic mass is 16.5. The first-order chi connectivity index (χ1) is 17.5. The van der Waals surface area contributed by atoms with Gasteiger partial charge in [-0.25, -0.2) is 0 Å². The highest BCUT2D eigenvalue weighted by Gasteiger charge is 2.16. The Hall–Kier alpha value is -4.57. The van der Waals surface area contributed by atoms with E-state index >= 15 is 0 Å². The number of ether oxygens (including phenoxy) is 1. The molecule has 7 nitrogen and oxygen atoms in total. The fourth-order valence-electron chi connectivity index (χ4n) is 3.90. The molecule has 4 rings (SSSR count). The molecule has 0 aliphatic carbocycles. The largest absolute Gasteiger partial charge is 0.457 e. The lowest BCUT2D eigenvalue weighted by Gasteiger charge is -2.20. The summed E-state index contributed by atoms with van der Waals surface area (Å²) < 4.78 is 6.12. The van der Waals surface area contributed by atoms with Crippen LogP contribution in [0.25, 0.3) is 10.9 Å². The van der Waals surface area contributed by atoms with Crippen molar-refractivity contribution in [3.8, 4) is 17.6 Å². The molecule has 0 atom stereocenters. The third kappa shape index (κ3) is 5.99. The number of pyridine rings is 1. The summed E-state index contributed by atoms with van der Waals surface area (Å²) in [6.07, 6.45) is 1.59.